The highest BCUT2D eigenvalue weighted by atomic mass is 35.5. The summed E-state index contributed by atoms with van der Waals surface area (Å²) in [4.78, 5) is 28.3. The molecule has 2 N–H and O–H groups in total. The summed E-state index contributed by atoms with van der Waals surface area (Å²) in [5.41, 5.74) is 0.373. The zero-order valence-electron chi connectivity index (χ0n) is 13.1. The average Bonchev–Trinajstić information content (AvgIpc) is 2.82. The third-order valence-electron chi connectivity index (χ3n) is 3.10. The maximum absolute atomic E-state index is 13.1. The smallest absolute Gasteiger partial charge is 0.240 e. The fourth-order valence-corrected chi connectivity index (χ4v) is 3.28. The molecule has 0 aromatic heterocycles. The number of carbonyl (C=O) groups is 2. The summed E-state index contributed by atoms with van der Waals surface area (Å²) < 4.78 is 18.1. The Morgan fingerprint density at radius 1 is 1.58 bits per heavy atom. The fraction of sp³-hybridized carbons (Fsp3) is 0.400. The van der Waals surface area contributed by atoms with Crippen LogP contribution in [0.4, 0.5) is 10.1 Å². The van der Waals surface area contributed by atoms with Crippen LogP contribution in [0.3, 0.4) is 0 Å². The Bertz CT molecular complexity index is 671. The number of ether oxygens (including phenoxy) is 1. The van der Waals surface area contributed by atoms with Gasteiger partial charge in [-0.05, 0) is 25.1 Å². The third-order valence-corrected chi connectivity index (χ3v) is 4.48. The number of halogens is 2. The van der Waals surface area contributed by atoms with Gasteiger partial charge in [-0.3, -0.25) is 14.6 Å². The summed E-state index contributed by atoms with van der Waals surface area (Å²) in [6.45, 7) is 2.30. The van der Waals surface area contributed by atoms with Crippen LogP contribution in [0.5, 0.6) is 0 Å². The maximum atomic E-state index is 13.1. The Labute approximate surface area is 148 Å². The van der Waals surface area contributed by atoms with E-state index in [1.54, 1.807) is 7.11 Å². The molecule has 1 aromatic carbocycles. The Morgan fingerprint density at radius 3 is 3.00 bits per heavy atom. The fourth-order valence-electron chi connectivity index (χ4n) is 2.03. The number of nitrogens with zero attached hydrogens (tertiary/aromatic N) is 1. The van der Waals surface area contributed by atoms with Gasteiger partial charge in [-0.1, -0.05) is 23.4 Å². The number of amides is 2. The molecular formula is C15H17ClFN3O3S. The summed E-state index contributed by atoms with van der Waals surface area (Å²) in [7, 11) is 1.58. The molecule has 2 unspecified atom stereocenters. The minimum Gasteiger partial charge on any atom is -0.382 e. The molecule has 1 saturated heterocycles. The van der Waals surface area contributed by atoms with E-state index in [9.17, 15) is 14.0 Å². The number of nitrogens with one attached hydrogen (secondary N) is 2. The molecule has 0 bridgehead atoms. The van der Waals surface area contributed by atoms with Gasteiger partial charge in [0.2, 0.25) is 11.8 Å². The summed E-state index contributed by atoms with van der Waals surface area (Å²) in [6.07, 6.45) is -0.0246. The molecule has 0 radical (unpaired) electrons. The van der Waals surface area contributed by atoms with Gasteiger partial charge in [0.15, 0.2) is 5.17 Å². The molecule has 1 aliphatic heterocycles. The van der Waals surface area contributed by atoms with E-state index in [0.29, 0.717) is 17.5 Å². The van der Waals surface area contributed by atoms with E-state index in [0.717, 1.165) is 6.07 Å². The first-order valence-corrected chi connectivity index (χ1v) is 8.44. The van der Waals surface area contributed by atoms with Gasteiger partial charge in [-0.15, -0.1) is 0 Å². The second kappa shape index (κ2) is 8.46. The van der Waals surface area contributed by atoms with Gasteiger partial charge in [0.25, 0.3) is 0 Å². The molecular weight excluding hydrogens is 357 g/mol. The van der Waals surface area contributed by atoms with E-state index >= 15 is 0 Å². The van der Waals surface area contributed by atoms with Crippen molar-refractivity contribution in [1.29, 1.82) is 0 Å². The molecule has 0 aliphatic carbocycles. The molecule has 0 saturated carbocycles. The number of hydrogen-bond donors (Lipinski definition) is 2. The lowest BCUT2D eigenvalue weighted by Crippen LogP contribution is -2.28. The zero-order valence-corrected chi connectivity index (χ0v) is 14.7. The molecule has 130 valence electrons. The SMILES string of the molecule is COCC(C)N=C1NC(=O)C(CC(=O)Nc2ccc(F)c(Cl)c2)S1. The van der Waals surface area contributed by atoms with Gasteiger partial charge in [0.1, 0.15) is 11.1 Å². The number of amidine groups is 1. The lowest BCUT2D eigenvalue weighted by Gasteiger charge is -2.08. The lowest BCUT2D eigenvalue weighted by atomic mass is 10.2. The van der Waals surface area contributed by atoms with E-state index < -0.39 is 11.1 Å². The number of thioether (sulfide) groups is 1. The Hall–Kier alpha value is -1.64. The molecule has 24 heavy (non-hydrogen) atoms. The first-order chi connectivity index (χ1) is 11.4. The molecule has 2 amide bonds. The highest BCUT2D eigenvalue weighted by Crippen LogP contribution is 2.24. The van der Waals surface area contributed by atoms with E-state index in [1.165, 1.54) is 23.9 Å². The number of aliphatic imine (C=N–C) groups is 1. The lowest BCUT2D eigenvalue weighted by molar-refractivity contribution is -0.122. The van der Waals surface area contributed by atoms with Crippen molar-refractivity contribution in [3.63, 3.8) is 0 Å². The minimum absolute atomic E-state index is 0.0246. The van der Waals surface area contributed by atoms with Gasteiger partial charge in [0, 0.05) is 19.2 Å². The number of benzene rings is 1. The number of hydrogen-bond acceptors (Lipinski definition) is 5. The molecule has 1 fully saturated rings. The summed E-state index contributed by atoms with van der Waals surface area (Å²) in [5.74, 6) is -1.20. The standard InChI is InChI=1S/C15H17ClFN3O3S/c1-8(7-23-2)18-15-20-14(22)12(24-15)6-13(21)19-9-3-4-11(17)10(16)5-9/h3-5,8,12H,6-7H2,1-2H3,(H,19,21)(H,18,20,22). The monoisotopic (exact) mass is 373 g/mol. The second-order valence-electron chi connectivity index (χ2n) is 5.22. The molecule has 6 nitrogen and oxygen atoms in total. The maximum Gasteiger partial charge on any atom is 0.240 e. The molecule has 1 heterocycles. The van der Waals surface area contributed by atoms with Crippen LogP contribution in [0.2, 0.25) is 5.02 Å². The van der Waals surface area contributed by atoms with Crippen LogP contribution in [-0.4, -0.2) is 42.0 Å². The second-order valence-corrected chi connectivity index (χ2v) is 6.81. The van der Waals surface area contributed by atoms with Gasteiger partial charge in [-0.25, -0.2) is 4.39 Å². The molecule has 2 atom stereocenters. The first kappa shape index (κ1) is 18.7. The summed E-state index contributed by atoms with van der Waals surface area (Å²) >= 11 is 6.87. The molecule has 9 heteroatoms. The average molecular weight is 374 g/mol. The third kappa shape index (κ3) is 5.19. The topological polar surface area (TPSA) is 79.8 Å². The number of anilines is 1. The highest BCUT2D eigenvalue weighted by Gasteiger charge is 2.32. The molecule has 2 rings (SSSR count). The molecule has 1 aliphatic rings. The predicted molar refractivity (Wildman–Crippen MR) is 93.0 cm³/mol. The van der Waals surface area contributed by atoms with Gasteiger partial charge in [0.05, 0.1) is 17.7 Å². The van der Waals surface area contributed by atoms with Crippen LogP contribution in [-0.2, 0) is 14.3 Å². The van der Waals surface area contributed by atoms with Gasteiger partial charge >= 0.3 is 0 Å². The van der Waals surface area contributed by atoms with Gasteiger partial charge < -0.3 is 15.4 Å². The van der Waals surface area contributed by atoms with Crippen molar-refractivity contribution in [1.82, 2.24) is 5.32 Å². The largest absolute Gasteiger partial charge is 0.382 e. The van der Waals surface area contributed by atoms with Crippen molar-refractivity contribution in [2.75, 3.05) is 19.0 Å². The summed E-state index contributed by atoms with van der Waals surface area (Å²) in [6, 6.07) is 3.79. The van der Waals surface area contributed by atoms with Crippen molar-refractivity contribution in [3.8, 4) is 0 Å². The number of carbonyl (C=O) groups excluding carboxylic acids is 2. The normalized spacial score (nSPS) is 20.1. The zero-order chi connectivity index (χ0) is 17.7. The van der Waals surface area contributed by atoms with Crippen molar-refractivity contribution in [2.24, 2.45) is 4.99 Å². The Kier molecular flexibility index (Phi) is 6.59. The Balaban J connectivity index is 1.92. The first-order valence-electron chi connectivity index (χ1n) is 7.18. The van der Waals surface area contributed by atoms with Crippen LogP contribution < -0.4 is 10.6 Å². The quantitative estimate of drug-likeness (QED) is 0.802. The van der Waals surface area contributed by atoms with E-state index in [4.69, 9.17) is 16.3 Å². The van der Waals surface area contributed by atoms with Crippen LogP contribution >= 0.6 is 23.4 Å². The van der Waals surface area contributed by atoms with Crippen LogP contribution in [0, 0.1) is 5.82 Å². The van der Waals surface area contributed by atoms with Crippen LogP contribution in [0.25, 0.3) is 0 Å². The molecule has 0 spiro atoms. The number of methoxy groups -OCH3 is 1. The minimum atomic E-state index is -0.563. The molecule has 1 aromatic rings. The highest BCUT2D eigenvalue weighted by molar-refractivity contribution is 8.15. The van der Waals surface area contributed by atoms with Crippen molar-refractivity contribution in [2.45, 2.75) is 24.6 Å². The summed E-state index contributed by atoms with van der Waals surface area (Å²) in [5, 5.41) is 5.07. The van der Waals surface area contributed by atoms with Crippen molar-refractivity contribution < 1.29 is 18.7 Å². The van der Waals surface area contributed by atoms with Crippen molar-refractivity contribution in [3.05, 3.63) is 29.0 Å². The number of rotatable bonds is 6. The van der Waals surface area contributed by atoms with E-state index in [2.05, 4.69) is 15.6 Å². The van der Waals surface area contributed by atoms with Gasteiger partial charge in [-0.2, -0.15) is 0 Å². The predicted octanol–water partition coefficient (Wildman–Crippen LogP) is 2.43. The van der Waals surface area contributed by atoms with E-state index in [-0.39, 0.29) is 29.3 Å². The Morgan fingerprint density at radius 2 is 2.33 bits per heavy atom. The van der Waals surface area contributed by atoms with Crippen LogP contribution in [0.1, 0.15) is 13.3 Å². The van der Waals surface area contributed by atoms with Crippen molar-refractivity contribution >= 4 is 46.0 Å². The van der Waals surface area contributed by atoms with Crippen LogP contribution in [0.15, 0.2) is 23.2 Å². The van der Waals surface area contributed by atoms with E-state index in [1.807, 2.05) is 6.92 Å².